The molecule has 0 spiro atoms. The zero-order chi connectivity index (χ0) is 15.4. The molecule has 4 nitrogen and oxygen atoms in total. The quantitative estimate of drug-likeness (QED) is 0.875. The molecule has 21 heavy (non-hydrogen) atoms. The fourth-order valence-electron chi connectivity index (χ4n) is 2.01. The number of halogens is 1. The van der Waals surface area contributed by atoms with Gasteiger partial charge in [0.15, 0.2) is 0 Å². The molecule has 2 N–H and O–H groups in total. The summed E-state index contributed by atoms with van der Waals surface area (Å²) >= 11 is 3.40. The van der Waals surface area contributed by atoms with Crippen LogP contribution in [0.5, 0.6) is 5.75 Å². The summed E-state index contributed by atoms with van der Waals surface area (Å²) in [5.41, 5.74) is 3.22. The molecule has 0 saturated heterocycles. The number of aryl methyl sites for hydroxylation is 1. The zero-order valence-electron chi connectivity index (χ0n) is 12.2. The highest BCUT2D eigenvalue weighted by atomic mass is 79.9. The van der Waals surface area contributed by atoms with E-state index in [1.54, 1.807) is 26.3 Å². The number of anilines is 2. The van der Waals surface area contributed by atoms with Crippen LogP contribution in [0.3, 0.4) is 0 Å². The standard InChI is InChI=1S/C16H17BrN2O2/c1-10-4-6-12(14(8-10)18-2)16(20)19-11-5-7-15(21-3)13(17)9-11/h4-9,18H,1-3H3,(H,19,20). The third-order valence-electron chi connectivity index (χ3n) is 3.10. The summed E-state index contributed by atoms with van der Waals surface area (Å²) in [7, 11) is 3.40. The number of amides is 1. The Morgan fingerprint density at radius 3 is 2.57 bits per heavy atom. The lowest BCUT2D eigenvalue weighted by Gasteiger charge is -2.12. The predicted molar refractivity (Wildman–Crippen MR) is 89.4 cm³/mol. The summed E-state index contributed by atoms with van der Waals surface area (Å²) < 4.78 is 5.96. The van der Waals surface area contributed by atoms with Crippen molar-refractivity contribution in [1.29, 1.82) is 0 Å². The van der Waals surface area contributed by atoms with Crippen molar-refractivity contribution in [3.63, 3.8) is 0 Å². The van der Waals surface area contributed by atoms with Gasteiger partial charge in [-0.3, -0.25) is 4.79 Å². The topological polar surface area (TPSA) is 50.4 Å². The molecule has 0 heterocycles. The highest BCUT2D eigenvalue weighted by molar-refractivity contribution is 9.10. The van der Waals surface area contributed by atoms with Crippen molar-refractivity contribution in [2.45, 2.75) is 6.92 Å². The van der Waals surface area contributed by atoms with Crippen molar-refractivity contribution >= 4 is 33.2 Å². The van der Waals surface area contributed by atoms with Crippen LogP contribution in [-0.2, 0) is 0 Å². The molecule has 0 aliphatic carbocycles. The number of nitrogens with one attached hydrogen (secondary N) is 2. The van der Waals surface area contributed by atoms with E-state index in [0.717, 1.165) is 21.5 Å². The van der Waals surface area contributed by atoms with Crippen LogP contribution in [0.25, 0.3) is 0 Å². The Morgan fingerprint density at radius 1 is 1.19 bits per heavy atom. The summed E-state index contributed by atoms with van der Waals surface area (Å²) in [6.07, 6.45) is 0. The first-order chi connectivity index (χ1) is 10.0. The number of hydrogen-bond acceptors (Lipinski definition) is 3. The van der Waals surface area contributed by atoms with Gasteiger partial charge in [-0.1, -0.05) is 6.07 Å². The summed E-state index contributed by atoms with van der Waals surface area (Å²) in [5, 5.41) is 5.92. The maximum Gasteiger partial charge on any atom is 0.257 e. The molecule has 110 valence electrons. The largest absolute Gasteiger partial charge is 0.496 e. The van der Waals surface area contributed by atoms with Crippen LogP contribution >= 0.6 is 15.9 Å². The molecule has 0 fully saturated rings. The van der Waals surface area contributed by atoms with Gasteiger partial charge in [0.05, 0.1) is 17.1 Å². The van der Waals surface area contributed by atoms with Gasteiger partial charge >= 0.3 is 0 Å². The van der Waals surface area contributed by atoms with Gasteiger partial charge in [0.2, 0.25) is 0 Å². The van der Waals surface area contributed by atoms with Crippen LogP contribution in [-0.4, -0.2) is 20.1 Å². The molecular formula is C16H17BrN2O2. The van der Waals surface area contributed by atoms with Crippen molar-refractivity contribution in [1.82, 2.24) is 0 Å². The van der Waals surface area contributed by atoms with Gasteiger partial charge in [-0.2, -0.15) is 0 Å². The second-order valence-electron chi connectivity index (χ2n) is 4.60. The van der Waals surface area contributed by atoms with Crippen LogP contribution in [0.2, 0.25) is 0 Å². The Hall–Kier alpha value is -2.01. The molecule has 0 aromatic heterocycles. The van der Waals surface area contributed by atoms with E-state index < -0.39 is 0 Å². The molecule has 0 unspecified atom stereocenters. The SMILES string of the molecule is CNc1cc(C)ccc1C(=O)Nc1ccc(OC)c(Br)c1. The lowest BCUT2D eigenvalue weighted by Crippen LogP contribution is -2.14. The Morgan fingerprint density at radius 2 is 1.95 bits per heavy atom. The van der Waals surface area contributed by atoms with E-state index in [2.05, 4.69) is 26.6 Å². The molecule has 0 aliphatic heterocycles. The average Bonchev–Trinajstić information content (AvgIpc) is 2.47. The third kappa shape index (κ3) is 3.55. The molecule has 2 aromatic rings. The second-order valence-corrected chi connectivity index (χ2v) is 5.46. The number of methoxy groups -OCH3 is 1. The fourth-order valence-corrected chi connectivity index (χ4v) is 2.55. The van der Waals surface area contributed by atoms with Crippen LogP contribution in [0.15, 0.2) is 40.9 Å². The molecule has 1 amide bonds. The molecule has 2 rings (SSSR count). The molecule has 0 atom stereocenters. The number of rotatable bonds is 4. The highest BCUT2D eigenvalue weighted by Gasteiger charge is 2.12. The predicted octanol–water partition coefficient (Wildman–Crippen LogP) is 4.06. The Labute approximate surface area is 132 Å². The van der Waals surface area contributed by atoms with Gasteiger partial charge in [-0.15, -0.1) is 0 Å². The van der Waals surface area contributed by atoms with Gasteiger partial charge in [0.25, 0.3) is 5.91 Å². The van der Waals surface area contributed by atoms with Crippen molar-refractivity contribution < 1.29 is 9.53 Å². The van der Waals surface area contributed by atoms with Gasteiger partial charge in [0.1, 0.15) is 5.75 Å². The Bertz CT molecular complexity index is 671. The molecule has 5 heteroatoms. The Kier molecular flexibility index (Phi) is 4.85. The minimum Gasteiger partial charge on any atom is -0.496 e. The second kappa shape index (κ2) is 6.63. The maximum atomic E-state index is 12.4. The molecule has 2 aromatic carbocycles. The minimum atomic E-state index is -0.156. The van der Waals surface area contributed by atoms with Crippen molar-refractivity contribution in [2.24, 2.45) is 0 Å². The summed E-state index contributed by atoms with van der Waals surface area (Å²) in [6, 6.07) is 11.1. The smallest absolute Gasteiger partial charge is 0.257 e. The van der Waals surface area contributed by atoms with Crippen molar-refractivity contribution in [3.8, 4) is 5.75 Å². The van der Waals surface area contributed by atoms with E-state index >= 15 is 0 Å². The normalized spacial score (nSPS) is 10.1. The van der Waals surface area contributed by atoms with Crippen LogP contribution < -0.4 is 15.4 Å². The molecule has 0 bridgehead atoms. The van der Waals surface area contributed by atoms with E-state index in [9.17, 15) is 4.79 Å². The first-order valence-corrected chi connectivity index (χ1v) is 7.27. The van der Waals surface area contributed by atoms with Crippen LogP contribution in [0, 0.1) is 6.92 Å². The maximum absolute atomic E-state index is 12.4. The lowest BCUT2D eigenvalue weighted by molar-refractivity contribution is 0.102. The molecule has 0 aliphatic rings. The summed E-state index contributed by atoms with van der Waals surface area (Å²) in [6.45, 7) is 1.99. The Balaban J connectivity index is 2.24. The monoisotopic (exact) mass is 348 g/mol. The number of ether oxygens (including phenoxy) is 1. The van der Waals surface area contributed by atoms with E-state index in [1.807, 2.05) is 31.2 Å². The van der Waals surface area contributed by atoms with Crippen LogP contribution in [0.1, 0.15) is 15.9 Å². The van der Waals surface area contributed by atoms with E-state index in [1.165, 1.54) is 0 Å². The number of carbonyl (C=O) groups excluding carboxylic acids is 1. The zero-order valence-corrected chi connectivity index (χ0v) is 13.7. The fraction of sp³-hybridized carbons (Fsp3) is 0.188. The van der Waals surface area contributed by atoms with Crippen molar-refractivity contribution in [3.05, 3.63) is 52.0 Å². The van der Waals surface area contributed by atoms with Gasteiger partial charge in [0, 0.05) is 18.4 Å². The van der Waals surface area contributed by atoms with E-state index in [-0.39, 0.29) is 5.91 Å². The third-order valence-corrected chi connectivity index (χ3v) is 3.72. The first-order valence-electron chi connectivity index (χ1n) is 6.48. The molecular weight excluding hydrogens is 332 g/mol. The van der Waals surface area contributed by atoms with E-state index in [0.29, 0.717) is 11.3 Å². The van der Waals surface area contributed by atoms with Gasteiger partial charge in [-0.25, -0.2) is 0 Å². The van der Waals surface area contributed by atoms with E-state index in [4.69, 9.17) is 4.74 Å². The number of carbonyl (C=O) groups is 1. The first kappa shape index (κ1) is 15.4. The molecule has 0 radical (unpaired) electrons. The van der Waals surface area contributed by atoms with Crippen LogP contribution in [0.4, 0.5) is 11.4 Å². The number of hydrogen-bond donors (Lipinski definition) is 2. The molecule has 0 saturated carbocycles. The summed E-state index contributed by atoms with van der Waals surface area (Å²) in [5.74, 6) is 0.565. The minimum absolute atomic E-state index is 0.156. The average molecular weight is 349 g/mol. The van der Waals surface area contributed by atoms with Crippen molar-refractivity contribution in [2.75, 3.05) is 24.8 Å². The van der Waals surface area contributed by atoms with Gasteiger partial charge < -0.3 is 15.4 Å². The van der Waals surface area contributed by atoms with Gasteiger partial charge in [-0.05, 0) is 58.7 Å². The number of benzene rings is 2. The highest BCUT2D eigenvalue weighted by Crippen LogP contribution is 2.28. The summed E-state index contributed by atoms with van der Waals surface area (Å²) in [4.78, 5) is 12.4. The lowest BCUT2D eigenvalue weighted by atomic mass is 10.1.